The fourth-order valence-corrected chi connectivity index (χ4v) is 1.17. The first-order chi connectivity index (χ1) is 4.97. The molecule has 1 atom stereocenters. The summed E-state index contributed by atoms with van der Waals surface area (Å²) in [5, 5.41) is 0. The van der Waals surface area contributed by atoms with E-state index in [4.69, 9.17) is 9.15 Å². The van der Waals surface area contributed by atoms with Gasteiger partial charge in [0.15, 0.2) is 0 Å². The predicted octanol–water partition coefficient (Wildman–Crippen LogP) is 1.53. The summed E-state index contributed by atoms with van der Waals surface area (Å²) in [5.41, 5.74) is 0. The molecule has 1 aliphatic rings. The fraction of sp³-hybridized carbons (Fsp3) is 0.571. The van der Waals surface area contributed by atoms with Crippen LogP contribution in [0.2, 0.25) is 0 Å². The maximum Gasteiger partial charge on any atom is 0.223 e. The maximum absolute atomic E-state index is 5.34. The maximum atomic E-state index is 5.34. The molecule has 0 amide bonds. The molecule has 2 heterocycles. The molecule has 1 saturated heterocycles. The van der Waals surface area contributed by atoms with Crippen LogP contribution in [0.1, 0.15) is 24.8 Å². The molecular formula is C7H9NO2. The number of hydrogen-bond donors (Lipinski definition) is 0. The van der Waals surface area contributed by atoms with Gasteiger partial charge in [0.25, 0.3) is 0 Å². The van der Waals surface area contributed by atoms with E-state index in [0.29, 0.717) is 0 Å². The minimum absolute atomic E-state index is 0.120. The molecule has 0 radical (unpaired) electrons. The van der Waals surface area contributed by atoms with E-state index in [1.807, 2.05) is 0 Å². The van der Waals surface area contributed by atoms with Gasteiger partial charge in [0.2, 0.25) is 5.89 Å². The van der Waals surface area contributed by atoms with Crippen molar-refractivity contribution in [3.05, 3.63) is 18.4 Å². The number of nitrogens with zero attached hydrogens (tertiary/aromatic N) is 1. The Labute approximate surface area is 59.0 Å². The molecule has 1 unspecified atom stereocenters. The molecule has 54 valence electrons. The molecule has 0 spiro atoms. The molecule has 1 fully saturated rings. The van der Waals surface area contributed by atoms with Gasteiger partial charge in [-0.15, -0.1) is 0 Å². The van der Waals surface area contributed by atoms with Gasteiger partial charge in [-0.3, -0.25) is 0 Å². The van der Waals surface area contributed by atoms with Crippen molar-refractivity contribution in [3.8, 4) is 0 Å². The summed E-state index contributed by atoms with van der Waals surface area (Å²) in [6, 6.07) is 0. The summed E-state index contributed by atoms with van der Waals surface area (Å²) in [6.07, 6.45) is 5.51. The van der Waals surface area contributed by atoms with Gasteiger partial charge in [0.05, 0.1) is 6.20 Å². The van der Waals surface area contributed by atoms with Crippen molar-refractivity contribution in [1.29, 1.82) is 0 Å². The molecule has 3 nitrogen and oxygen atoms in total. The first-order valence-electron chi connectivity index (χ1n) is 3.48. The quantitative estimate of drug-likeness (QED) is 0.591. The largest absolute Gasteiger partial charge is 0.446 e. The zero-order chi connectivity index (χ0) is 6.81. The van der Waals surface area contributed by atoms with Gasteiger partial charge in [-0.25, -0.2) is 4.98 Å². The Bertz CT molecular complexity index is 189. The van der Waals surface area contributed by atoms with E-state index in [2.05, 4.69) is 4.98 Å². The van der Waals surface area contributed by atoms with E-state index < -0.39 is 0 Å². The Morgan fingerprint density at radius 3 is 3.20 bits per heavy atom. The van der Waals surface area contributed by atoms with E-state index in [9.17, 15) is 0 Å². The smallest absolute Gasteiger partial charge is 0.223 e. The highest BCUT2D eigenvalue weighted by molar-refractivity contribution is 4.88. The lowest BCUT2D eigenvalue weighted by Crippen LogP contribution is -1.94. The fourth-order valence-electron chi connectivity index (χ4n) is 1.17. The molecule has 0 saturated carbocycles. The highest BCUT2D eigenvalue weighted by Gasteiger charge is 2.20. The highest BCUT2D eigenvalue weighted by Crippen LogP contribution is 2.26. The van der Waals surface area contributed by atoms with Crippen molar-refractivity contribution in [2.24, 2.45) is 0 Å². The molecule has 1 aromatic rings. The van der Waals surface area contributed by atoms with Crippen LogP contribution in [0, 0.1) is 0 Å². The third-order valence-corrected chi connectivity index (χ3v) is 1.66. The number of oxazole rings is 1. The predicted molar refractivity (Wildman–Crippen MR) is 34.4 cm³/mol. The number of ether oxygens (including phenoxy) is 1. The standard InChI is InChI=1S/C7H9NO2/c1-2-6(9-4-1)7-8-3-5-10-7/h3,5-6H,1-2,4H2. The average Bonchev–Trinajstić information content (AvgIpc) is 2.59. The van der Waals surface area contributed by atoms with Crippen LogP contribution in [-0.2, 0) is 4.74 Å². The number of aromatic nitrogens is 1. The van der Waals surface area contributed by atoms with E-state index in [1.165, 1.54) is 0 Å². The lowest BCUT2D eigenvalue weighted by molar-refractivity contribution is 0.0892. The van der Waals surface area contributed by atoms with Gasteiger partial charge in [-0.05, 0) is 12.8 Å². The van der Waals surface area contributed by atoms with Crippen molar-refractivity contribution in [2.45, 2.75) is 18.9 Å². The minimum atomic E-state index is 0.120. The second-order valence-electron chi connectivity index (χ2n) is 2.37. The van der Waals surface area contributed by atoms with Gasteiger partial charge in [-0.2, -0.15) is 0 Å². The lowest BCUT2D eigenvalue weighted by Gasteiger charge is -2.01. The van der Waals surface area contributed by atoms with E-state index in [0.717, 1.165) is 25.3 Å². The molecule has 0 aliphatic carbocycles. The topological polar surface area (TPSA) is 35.3 Å². The van der Waals surface area contributed by atoms with Gasteiger partial charge >= 0.3 is 0 Å². The third kappa shape index (κ3) is 0.926. The molecular weight excluding hydrogens is 130 g/mol. The molecule has 0 N–H and O–H groups in total. The van der Waals surface area contributed by atoms with Gasteiger partial charge < -0.3 is 9.15 Å². The van der Waals surface area contributed by atoms with Crippen molar-refractivity contribution >= 4 is 0 Å². The second kappa shape index (κ2) is 2.42. The van der Waals surface area contributed by atoms with Crippen LogP contribution >= 0.6 is 0 Å². The molecule has 1 aliphatic heterocycles. The van der Waals surface area contributed by atoms with Crippen molar-refractivity contribution < 1.29 is 9.15 Å². The lowest BCUT2D eigenvalue weighted by atomic mass is 10.2. The molecule has 1 aromatic heterocycles. The summed E-state index contributed by atoms with van der Waals surface area (Å²) in [7, 11) is 0. The van der Waals surface area contributed by atoms with Gasteiger partial charge in [0.1, 0.15) is 12.4 Å². The zero-order valence-electron chi connectivity index (χ0n) is 5.62. The van der Waals surface area contributed by atoms with E-state index in [1.54, 1.807) is 12.5 Å². The average molecular weight is 139 g/mol. The Morgan fingerprint density at radius 1 is 1.60 bits per heavy atom. The van der Waals surface area contributed by atoms with Crippen LogP contribution in [0.25, 0.3) is 0 Å². The van der Waals surface area contributed by atoms with Crippen molar-refractivity contribution in [1.82, 2.24) is 4.98 Å². The molecule has 0 bridgehead atoms. The number of rotatable bonds is 1. The number of hydrogen-bond acceptors (Lipinski definition) is 3. The van der Waals surface area contributed by atoms with Crippen LogP contribution in [0.4, 0.5) is 0 Å². The molecule has 3 heteroatoms. The first-order valence-corrected chi connectivity index (χ1v) is 3.48. The van der Waals surface area contributed by atoms with Crippen molar-refractivity contribution in [2.75, 3.05) is 6.61 Å². The van der Waals surface area contributed by atoms with E-state index >= 15 is 0 Å². The first kappa shape index (κ1) is 5.92. The summed E-state index contributed by atoms with van der Waals surface area (Å²) >= 11 is 0. The van der Waals surface area contributed by atoms with Crippen LogP contribution in [0.5, 0.6) is 0 Å². The van der Waals surface area contributed by atoms with Crippen LogP contribution < -0.4 is 0 Å². The Kier molecular flexibility index (Phi) is 1.43. The normalized spacial score (nSPS) is 25.4. The van der Waals surface area contributed by atoms with E-state index in [-0.39, 0.29) is 6.10 Å². The Balaban J connectivity index is 2.12. The second-order valence-corrected chi connectivity index (χ2v) is 2.37. The Hall–Kier alpha value is -0.830. The van der Waals surface area contributed by atoms with Crippen molar-refractivity contribution in [3.63, 3.8) is 0 Å². The summed E-state index contributed by atoms with van der Waals surface area (Å²) in [6.45, 7) is 0.840. The van der Waals surface area contributed by atoms with Crippen LogP contribution in [-0.4, -0.2) is 11.6 Å². The summed E-state index contributed by atoms with van der Waals surface area (Å²) in [4.78, 5) is 4.01. The molecule has 2 rings (SSSR count). The SMILES string of the molecule is c1coc(C2CCCO2)n1. The van der Waals surface area contributed by atoms with Crippen LogP contribution in [0.3, 0.4) is 0 Å². The Morgan fingerprint density at radius 2 is 2.60 bits per heavy atom. The minimum Gasteiger partial charge on any atom is -0.446 e. The van der Waals surface area contributed by atoms with Crippen LogP contribution in [0.15, 0.2) is 16.9 Å². The summed E-state index contributed by atoms with van der Waals surface area (Å²) < 4.78 is 10.4. The van der Waals surface area contributed by atoms with Gasteiger partial charge in [-0.1, -0.05) is 0 Å². The monoisotopic (exact) mass is 139 g/mol. The molecule has 0 aromatic carbocycles. The third-order valence-electron chi connectivity index (χ3n) is 1.66. The van der Waals surface area contributed by atoms with Gasteiger partial charge in [0, 0.05) is 6.61 Å². The molecule has 10 heavy (non-hydrogen) atoms. The summed E-state index contributed by atoms with van der Waals surface area (Å²) in [5.74, 6) is 0.720. The highest BCUT2D eigenvalue weighted by atomic mass is 16.5. The zero-order valence-corrected chi connectivity index (χ0v) is 5.62.